The number of halogens is 1. The Kier molecular flexibility index (Phi) is 9.41. The van der Waals surface area contributed by atoms with E-state index in [1.54, 1.807) is 25.1 Å². The van der Waals surface area contributed by atoms with Gasteiger partial charge in [-0.2, -0.15) is 0 Å². The Bertz CT molecular complexity index is 1180. The second kappa shape index (κ2) is 12.1. The van der Waals surface area contributed by atoms with E-state index in [1.165, 1.54) is 12.0 Å². The molecule has 0 aliphatic heterocycles. The zero-order valence-electron chi connectivity index (χ0n) is 21.2. The summed E-state index contributed by atoms with van der Waals surface area (Å²) in [4.78, 5) is 28.3. The van der Waals surface area contributed by atoms with Crippen molar-refractivity contribution in [2.75, 3.05) is 24.2 Å². The van der Waals surface area contributed by atoms with Crippen molar-refractivity contribution in [1.82, 2.24) is 10.2 Å². The molecule has 0 aromatic heterocycles. The molecule has 10 heteroatoms. The highest BCUT2D eigenvalue weighted by Crippen LogP contribution is 2.31. The summed E-state index contributed by atoms with van der Waals surface area (Å²) in [5.41, 5.74) is 1.93. The van der Waals surface area contributed by atoms with Crippen molar-refractivity contribution in [2.24, 2.45) is 0 Å². The maximum atomic E-state index is 13.7. The molecule has 1 aliphatic carbocycles. The van der Waals surface area contributed by atoms with Crippen molar-refractivity contribution >= 4 is 43.5 Å². The average Bonchev–Trinajstić information content (AvgIpc) is 3.33. The van der Waals surface area contributed by atoms with Crippen molar-refractivity contribution in [3.8, 4) is 5.75 Å². The molecule has 1 aliphatic rings. The Morgan fingerprint density at radius 1 is 1.14 bits per heavy atom. The first-order valence-electron chi connectivity index (χ1n) is 12.0. The molecule has 1 atom stereocenters. The smallest absolute Gasteiger partial charge is 0.244 e. The third-order valence-corrected chi connectivity index (χ3v) is 8.07. The summed E-state index contributed by atoms with van der Waals surface area (Å²) >= 11 is 3.41. The lowest BCUT2D eigenvalue weighted by molar-refractivity contribution is -0.139. The van der Waals surface area contributed by atoms with Gasteiger partial charge in [0, 0.05) is 17.1 Å². The number of rotatable bonds is 10. The number of sulfonamides is 1. The van der Waals surface area contributed by atoms with Gasteiger partial charge < -0.3 is 15.0 Å². The molecule has 0 heterocycles. The third-order valence-electron chi connectivity index (χ3n) is 6.42. The van der Waals surface area contributed by atoms with E-state index in [9.17, 15) is 18.0 Å². The zero-order valence-corrected chi connectivity index (χ0v) is 23.6. The number of hydrogen-bond donors (Lipinski definition) is 1. The van der Waals surface area contributed by atoms with Crippen LogP contribution in [0.1, 0.15) is 43.7 Å². The van der Waals surface area contributed by atoms with Crippen LogP contribution in [0.4, 0.5) is 5.69 Å². The molecule has 0 radical (unpaired) electrons. The van der Waals surface area contributed by atoms with Crippen LogP contribution in [0.25, 0.3) is 0 Å². The molecule has 196 valence electrons. The lowest BCUT2D eigenvalue weighted by atomic mass is 10.1. The van der Waals surface area contributed by atoms with E-state index >= 15 is 0 Å². The maximum Gasteiger partial charge on any atom is 0.244 e. The van der Waals surface area contributed by atoms with E-state index in [4.69, 9.17) is 4.74 Å². The number of nitrogens with zero attached hydrogens (tertiary/aromatic N) is 2. The third kappa shape index (κ3) is 7.22. The molecule has 1 saturated carbocycles. The van der Waals surface area contributed by atoms with Crippen LogP contribution in [-0.4, -0.2) is 57.1 Å². The van der Waals surface area contributed by atoms with E-state index in [1.807, 2.05) is 31.2 Å². The van der Waals surface area contributed by atoms with Crippen LogP contribution in [0.2, 0.25) is 0 Å². The van der Waals surface area contributed by atoms with Crippen LogP contribution < -0.4 is 14.4 Å². The highest BCUT2D eigenvalue weighted by atomic mass is 79.9. The first-order chi connectivity index (χ1) is 17.0. The van der Waals surface area contributed by atoms with Crippen LogP contribution in [0, 0.1) is 6.92 Å². The van der Waals surface area contributed by atoms with Gasteiger partial charge in [-0.05, 0) is 62.1 Å². The van der Waals surface area contributed by atoms with E-state index in [2.05, 4.69) is 21.2 Å². The van der Waals surface area contributed by atoms with Gasteiger partial charge in [0.1, 0.15) is 18.3 Å². The number of hydrogen-bond acceptors (Lipinski definition) is 5. The van der Waals surface area contributed by atoms with Crippen molar-refractivity contribution in [2.45, 2.75) is 58.2 Å². The Hall–Kier alpha value is -2.59. The molecule has 0 unspecified atom stereocenters. The molecule has 3 rings (SSSR count). The van der Waals surface area contributed by atoms with Gasteiger partial charge in [0.05, 0.1) is 19.1 Å². The van der Waals surface area contributed by atoms with Crippen molar-refractivity contribution < 1.29 is 22.7 Å². The Morgan fingerprint density at radius 2 is 1.78 bits per heavy atom. The number of carbonyl (C=O) groups is 2. The molecular weight excluding hydrogens is 546 g/mol. The molecule has 8 nitrogen and oxygen atoms in total. The molecule has 0 saturated heterocycles. The monoisotopic (exact) mass is 579 g/mol. The fourth-order valence-electron chi connectivity index (χ4n) is 4.35. The molecule has 2 amide bonds. The quantitative estimate of drug-likeness (QED) is 0.459. The Morgan fingerprint density at radius 3 is 2.36 bits per heavy atom. The summed E-state index contributed by atoms with van der Waals surface area (Å²) in [7, 11) is -2.39. The fourth-order valence-corrected chi connectivity index (χ4v) is 5.46. The number of amides is 2. The summed E-state index contributed by atoms with van der Waals surface area (Å²) in [6.07, 6.45) is 5.05. The molecule has 0 bridgehead atoms. The van der Waals surface area contributed by atoms with Gasteiger partial charge in [-0.3, -0.25) is 13.9 Å². The number of nitrogens with one attached hydrogen (secondary N) is 1. The molecule has 1 fully saturated rings. The van der Waals surface area contributed by atoms with Gasteiger partial charge in [0.2, 0.25) is 21.8 Å². The summed E-state index contributed by atoms with van der Waals surface area (Å²) in [6.45, 7) is 3.21. The van der Waals surface area contributed by atoms with Crippen LogP contribution in [0.15, 0.2) is 46.9 Å². The van der Waals surface area contributed by atoms with Crippen molar-refractivity contribution in [1.29, 1.82) is 0 Å². The highest BCUT2D eigenvalue weighted by molar-refractivity contribution is 9.10. The largest absolute Gasteiger partial charge is 0.495 e. The van der Waals surface area contributed by atoms with E-state index < -0.39 is 28.5 Å². The number of benzene rings is 2. The van der Waals surface area contributed by atoms with Crippen LogP contribution in [0.3, 0.4) is 0 Å². The topological polar surface area (TPSA) is 96.0 Å². The Labute approximate surface area is 222 Å². The molecule has 1 N–H and O–H groups in total. The van der Waals surface area contributed by atoms with Gasteiger partial charge in [0.25, 0.3) is 0 Å². The first-order valence-corrected chi connectivity index (χ1v) is 14.6. The number of carbonyl (C=O) groups excluding carboxylic acids is 2. The van der Waals surface area contributed by atoms with Gasteiger partial charge in [-0.15, -0.1) is 0 Å². The molecule has 0 spiro atoms. The number of aryl methyl sites for hydroxylation is 1. The van der Waals surface area contributed by atoms with E-state index in [-0.39, 0.29) is 24.2 Å². The summed E-state index contributed by atoms with van der Waals surface area (Å²) in [5, 5.41) is 3.06. The fraction of sp³-hybridized carbons (Fsp3) is 0.462. The minimum Gasteiger partial charge on any atom is -0.495 e. The lowest BCUT2D eigenvalue weighted by Crippen LogP contribution is -2.52. The normalized spacial score (nSPS) is 14.8. The molecular formula is C26H34BrN3O5S. The van der Waals surface area contributed by atoms with Crippen molar-refractivity contribution in [3.05, 3.63) is 58.1 Å². The highest BCUT2D eigenvalue weighted by Gasteiger charge is 2.32. The lowest BCUT2D eigenvalue weighted by Gasteiger charge is -2.32. The second-order valence-corrected chi connectivity index (χ2v) is 12.1. The number of ether oxygens (including phenoxy) is 1. The second-order valence-electron chi connectivity index (χ2n) is 9.26. The summed E-state index contributed by atoms with van der Waals surface area (Å²) in [5.74, 6) is -0.391. The van der Waals surface area contributed by atoms with Gasteiger partial charge in [-0.1, -0.05) is 47.0 Å². The average molecular weight is 581 g/mol. The van der Waals surface area contributed by atoms with Crippen LogP contribution in [-0.2, 0) is 26.2 Å². The van der Waals surface area contributed by atoms with Gasteiger partial charge in [-0.25, -0.2) is 8.42 Å². The van der Waals surface area contributed by atoms with Gasteiger partial charge >= 0.3 is 0 Å². The van der Waals surface area contributed by atoms with E-state index in [0.717, 1.165) is 51.8 Å². The number of methoxy groups -OCH3 is 1. The minimum absolute atomic E-state index is 0.105. The maximum absolute atomic E-state index is 13.7. The minimum atomic E-state index is -3.84. The van der Waals surface area contributed by atoms with Crippen LogP contribution >= 0.6 is 15.9 Å². The predicted molar refractivity (Wildman–Crippen MR) is 144 cm³/mol. The predicted octanol–water partition coefficient (Wildman–Crippen LogP) is 4.01. The Balaban J connectivity index is 1.92. The summed E-state index contributed by atoms with van der Waals surface area (Å²) < 4.78 is 32.9. The molecule has 2 aromatic carbocycles. The SMILES string of the molecule is COc1ccc(C)cc1N(CC(=O)N(Cc1ccc(Br)cc1)[C@@H](C)C(=O)NC1CCCC1)S(C)(=O)=O. The number of anilines is 1. The van der Waals surface area contributed by atoms with Crippen molar-refractivity contribution in [3.63, 3.8) is 0 Å². The first kappa shape index (κ1) is 28.0. The van der Waals surface area contributed by atoms with E-state index in [0.29, 0.717) is 5.75 Å². The molecule has 2 aromatic rings. The standard InChI is InChI=1S/C26H34BrN3O5S/c1-18-9-14-24(35-3)23(15-18)30(36(4,33)34)17-25(31)29(16-20-10-12-21(27)13-11-20)19(2)26(32)28-22-7-5-6-8-22/h9-15,19,22H,5-8,16-17H2,1-4H3,(H,28,32)/t19-/m0/s1. The zero-order chi connectivity index (χ0) is 26.5. The van der Waals surface area contributed by atoms with Crippen LogP contribution in [0.5, 0.6) is 5.75 Å². The molecule has 36 heavy (non-hydrogen) atoms. The van der Waals surface area contributed by atoms with Gasteiger partial charge in [0.15, 0.2) is 0 Å². The summed E-state index contributed by atoms with van der Waals surface area (Å²) in [6, 6.07) is 11.9.